The molecule has 1 saturated carbocycles. The lowest BCUT2D eigenvalue weighted by Crippen LogP contribution is -2.52. The van der Waals surface area contributed by atoms with Crippen molar-refractivity contribution >= 4 is 16.9 Å². The third-order valence-electron chi connectivity index (χ3n) is 6.67. The predicted molar refractivity (Wildman–Crippen MR) is 98.9 cm³/mol. The number of aromatic nitrogens is 1. The molecule has 26 heavy (non-hydrogen) atoms. The second-order valence-corrected chi connectivity index (χ2v) is 8.24. The molecule has 0 radical (unpaired) electrons. The second-order valence-electron chi connectivity index (χ2n) is 8.24. The summed E-state index contributed by atoms with van der Waals surface area (Å²) >= 11 is 0. The second kappa shape index (κ2) is 6.10. The number of likely N-dealkylation sites (tertiary alicyclic amines) is 1. The first-order chi connectivity index (χ1) is 12.7. The van der Waals surface area contributed by atoms with Gasteiger partial charge in [0.1, 0.15) is 0 Å². The van der Waals surface area contributed by atoms with Crippen molar-refractivity contribution in [2.45, 2.75) is 44.2 Å². The molecule has 5 nitrogen and oxygen atoms in total. The summed E-state index contributed by atoms with van der Waals surface area (Å²) in [7, 11) is 1.50. The van der Waals surface area contributed by atoms with Crippen LogP contribution in [-0.4, -0.2) is 47.2 Å². The molecule has 0 unspecified atom stereocenters. The Labute approximate surface area is 153 Å². The molecule has 0 amide bonds. The van der Waals surface area contributed by atoms with Crippen LogP contribution in [0.5, 0.6) is 0 Å². The maximum Gasteiger partial charge on any atom is 0.309 e. The monoisotopic (exact) mass is 354 g/mol. The highest BCUT2D eigenvalue weighted by Crippen LogP contribution is 2.47. The minimum Gasteiger partial charge on any atom is -0.469 e. The van der Waals surface area contributed by atoms with Crippen molar-refractivity contribution in [1.82, 2.24) is 9.88 Å². The summed E-state index contributed by atoms with van der Waals surface area (Å²) in [4.78, 5) is 18.3. The Hall–Kier alpha value is -1.85. The van der Waals surface area contributed by atoms with Crippen LogP contribution in [0.4, 0.5) is 0 Å². The smallest absolute Gasteiger partial charge is 0.309 e. The normalized spacial score (nSPS) is 28.2. The Morgan fingerprint density at radius 3 is 2.96 bits per heavy atom. The Morgan fingerprint density at radius 2 is 2.23 bits per heavy atom. The van der Waals surface area contributed by atoms with E-state index in [0.29, 0.717) is 12.0 Å². The highest BCUT2D eigenvalue weighted by Gasteiger charge is 2.44. The van der Waals surface area contributed by atoms with Crippen LogP contribution in [0.3, 0.4) is 0 Å². The number of aromatic amines is 1. The van der Waals surface area contributed by atoms with Gasteiger partial charge in [0.25, 0.3) is 0 Å². The van der Waals surface area contributed by atoms with Gasteiger partial charge >= 0.3 is 5.97 Å². The number of H-pyrrole nitrogens is 1. The van der Waals surface area contributed by atoms with Gasteiger partial charge in [-0.1, -0.05) is 12.1 Å². The number of nitrogens with zero attached hydrogens (tertiary/aromatic N) is 1. The number of rotatable bonds is 4. The molecule has 2 heterocycles. The number of methoxy groups -OCH3 is 1. The van der Waals surface area contributed by atoms with Crippen LogP contribution < -0.4 is 0 Å². The first-order valence-corrected chi connectivity index (χ1v) is 9.74. The molecule has 2 N–H and O–H groups in total. The average molecular weight is 354 g/mol. The number of carbonyl (C=O) groups excluding carboxylic acids is 1. The molecule has 1 aromatic heterocycles. The number of hydrogen-bond acceptors (Lipinski definition) is 4. The zero-order chi connectivity index (χ0) is 17.8. The molecule has 3 atom stereocenters. The van der Waals surface area contributed by atoms with Gasteiger partial charge in [-0.2, -0.15) is 0 Å². The van der Waals surface area contributed by atoms with Crippen molar-refractivity contribution in [3.63, 3.8) is 0 Å². The molecule has 2 aliphatic carbocycles. The van der Waals surface area contributed by atoms with Gasteiger partial charge in [0.05, 0.1) is 19.6 Å². The van der Waals surface area contributed by atoms with E-state index >= 15 is 0 Å². The molecular formula is C21H26N2O3. The minimum absolute atomic E-state index is 0.0481. The van der Waals surface area contributed by atoms with Gasteiger partial charge < -0.3 is 14.8 Å². The average Bonchev–Trinajstić information content (AvgIpc) is 3.41. The fourth-order valence-electron chi connectivity index (χ4n) is 5.27. The minimum atomic E-state index is -0.0765. The third kappa shape index (κ3) is 2.48. The quantitative estimate of drug-likeness (QED) is 0.829. The first kappa shape index (κ1) is 16.3. The number of aliphatic hydroxyl groups is 1. The van der Waals surface area contributed by atoms with Crippen LogP contribution in [0.25, 0.3) is 10.9 Å². The standard InChI is InChI=1S/C21H26N2O3/c1-26-21(25)13-7-15-14-3-2-4-17-20(14)16(18(11-24)22-17)8-19(15)23(10-13)9-12-5-6-12/h2-4,12-13,15,19,22,24H,5-11H2,1H3/t13-,15-,19-/m1/s1. The molecule has 138 valence electrons. The number of nitrogens with one attached hydrogen (secondary N) is 1. The number of benzene rings is 1. The van der Waals surface area contributed by atoms with Crippen molar-refractivity contribution in [1.29, 1.82) is 0 Å². The summed E-state index contributed by atoms with van der Waals surface area (Å²) in [6, 6.07) is 6.81. The fourth-order valence-corrected chi connectivity index (χ4v) is 5.27. The van der Waals surface area contributed by atoms with Crippen molar-refractivity contribution in [3.8, 4) is 0 Å². The third-order valence-corrected chi connectivity index (χ3v) is 6.67. The van der Waals surface area contributed by atoms with E-state index in [1.165, 1.54) is 36.5 Å². The van der Waals surface area contributed by atoms with E-state index in [9.17, 15) is 9.90 Å². The van der Waals surface area contributed by atoms with Crippen molar-refractivity contribution in [2.75, 3.05) is 20.2 Å². The fraction of sp³-hybridized carbons (Fsp3) is 0.571. The van der Waals surface area contributed by atoms with E-state index in [1.54, 1.807) is 0 Å². The topological polar surface area (TPSA) is 65.6 Å². The number of aliphatic hydroxyl groups excluding tert-OH is 1. The Bertz CT molecular complexity index is 854. The zero-order valence-electron chi connectivity index (χ0n) is 15.2. The lowest BCUT2D eigenvalue weighted by atomic mass is 9.71. The van der Waals surface area contributed by atoms with Crippen molar-refractivity contribution in [2.24, 2.45) is 11.8 Å². The lowest BCUT2D eigenvalue weighted by molar-refractivity contribution is -0.148. The molecule has 2 aromatic rings. The predicted octanol–water partition coefficient (Wildman–Crippen LogP) is 2.57. The van der Waals surface area contributed by atoms with Gasteiger partial charge in [0.15, 0.2) is 0 Å². The maximum absolute atomic E-state index is 12.3. The van der Waals surface area contributed by atoms with Crippen LogP contribution in [0.1, 0.15) is 42.0 Å². The van der Waals surface area contributed by atoms with Crippen LogP contribution in [0.15, 0.2) is 18.2 Å². The van der Waals surface area contributed by atoms with Gasteiger partial charge in [0, 0.05) is 41.6 Å². The van der Waals surface area contributed by atoms with E-state index in [2.05, 4.69) is 28.1 Å². The van der Waals surface area contributed by atoms with Crippen molar-refractivity contribution < 1.29 is 14.6 Å². The molecule has 0 spiro atoms. The molecule has 5 heteroatoms. The van der Waals surface area contributed by atoms with Gasteiger partial charge in [-0.3, -0.25) is 9.69 Å². The maximum atomic E-state index is 12.3. The molecular weight excluding hydrogens is 328 g/mol. The summed E-state index contributed by atoms with van der Waals surface area (Å²) in [6.45, 7) is 1.93. The summed E-state index contributed by atoms with van der Waals surface area (Å²) < 4.78 is 5.10. The number of fused-ring (bicyclic) bond motifs is 2. The zero-order valence-corrected chi connectivity index (χ0v) is 15.2. The van der Waals surface area contributed by atoms with Crippen LogP contribution >= 0.6 is 0 Å². The Balaban J connectivity index is 1.59. The van der Waals surface area contributed by atoms with Crippen LogP contribution in [0.2, 0.25) is 0 Å². The summed E-state index contributed by atoms with van der Waals surface area (Å²) in [5.74, 6) is 1.01. The van der Waals surface area contributed by atoms with Crippen LogP contribution in [0, 0.1) is 11.8 Å². The van der Waals surface area contributed by atoms with Gasteiger partial charge in [-0.05, 0) is 48.8 Å². The highest BCUT2D eigenvalue weighted by atomic mass is 16.5. The number of piperidine rings is 1. The van der Waals surface area contributed by atoms with Gasteiger partial charge in [-0.15, -0.1) is 0 Å². The van der Waals surface area contributed by atoms with E-state index in [4.69, 9.17) is 4.74 Å². The van der Waals surface area contributed by atoms with E-state index in [0.717, 1.165) is 43.1 Å². The number of ether oxygens (including phenoxy) is 1. The van der Waals surface area contributed by atoms with Crippen LogP contribution in [-0.2, 0) is 22.6 Å². The van der Waals surface area contributed by atoms with E-state index in [1.807, 2.05) is 0 Å². The Kier molecular flexibility index (Phi) is 3.83. The molecule has 5 rings (SSSR count). The summed E-state index contributed by atoms with van der Waals surface area (Å²) in [6.07, 6.45) is 4.43. The number of hydrogen-bond donors (Lipinski definition) is 2. The molecule has 2 fully saturated rings. The van der Waals surface area contributed by atoms with Crippen molar-refractivity contribution in [3.05, 3.63) is 35.0 Å². The highest BCUT2D eigenvalue weighted by molar-refractivity contribution is 5.90. The summed E-state index contributed by atoms with van der Waals surface area (Å²) in [5, 5.41) is 11.1. The van der Waals surface area contributed by atoms with E-state index in [-0.39, 0.29) is 18.5 Å². The molecule has 3 aliphatic rings. The molecule has 0 bridgehead atoms. The van der Waals surface area contributed by atoms with Gasteiger partial charge in [0.2, 0.25) is 0 Å². The molecule has 1 aromatic carbocycles. The largest absolute Gasteiger partial charge is 0.469 e. The first-order valence-electron chi connectivity index (χ1n) is 9.74. The number of carbonyl (C=O) groups is 1. The lowest BCUT2D eigenvalue weighted by Gasteiger charge is -2.46. The SMILES string of the molecule is COC(=O)[C@@H]1C[C@@H]2c3cccc4[nH]c(CO)c(c34)C[C@H]2N(CC2CC2)C1. The summed E-state index contributed by atoms with van der Waals surface area (Å²) in [5.41, 5.74) is 4.66. The molecule has 1 saturated heterocycles. The van der Waals surface area contributed by atoms with E-state index < -0.39 is 0 Å². The van der Waals surface area contributed by atoms with Gasteiger partial charge in [-0.25, -0.2) is 0 Å². The Morgan fingerprint density at radius 1 is 1.38 bits per heavy atom. The number of esters is 1. The molecule has 1 aliphatic heterocycles.